The van der Waals surface area contributed by atoms with Gasteiger partial charge in [-0.2, -0.15) is 0 Å². The van der Waals surface area contributed by atoms with E-state index >= 15 is 0 Å². The van der Waals surface area contributed by atoms with E-state index < -0.39 is 5.54 Å². The molecule has 88 valence electrons. The first-order valence-electron chi connectivity index (χ1n) is 5.40. The van der Waals surface area contributed by atoms with Crippen molar-refractivity contribution >= 4 is 5.91 Å². The molecule has 0 radical (unpaired) electrons. The summed E-state index contributed by atoms with van der Waals surface area (Å²) in [4.78, 5) is 11.9. The molecule has 1 fully saturated rings. The average molecular weight is 214 g/mol. The van der Waals surface area contributed by atoms with Crippen molar-refractivity contribution in [2.24, 2.45) is 11.7 Å². The summed E-state index contributed by atoms with van der Waals surface area (Å²) in [6.45, 7) is 6.15. The van der Waals surface area contributed by atoms with Gasteiger partial charge in [0.15, 0.2) is 0 Å². The molecule has 0 aromatic heterocycles. The molecule has 1 unspecified atom stereocenters. The highest BCUT2D eigenvalue weighted by Gasteiger charge is 2.45. The van der Waals surface area contributed by atoms with Gasteiger partial charge in [-0.25, -0.2) is 0 Å². The summed E-state index contributed by atoms with van der Waals surface area (Å²) in [5.74, 6) is 0.267. The first kappa shape index (κ1) is 12.5. The van der Waals surface area contributed by atoms with Crippen molar-refractivity contribution in [3.8, 4) is 0 Å². The third kappa shape index (κ3) is 3.18. The van der Waals surface area contributed by atoms with Crippen molar-refractivity contribution in [2.45, 2.75) is 44.7 Å². The number of nitrogens with two attached hydrogens (primary N) is 1. The van der Waals surface area contributed by atoms with E-state index in [-0.39, 0.29) is 11.4 Å². The maximum atomic E-state index is 11.9. The lowest BCUT2D eigenvalue weighted by Gasteiger charge is -2.31. The summed E-state index contributed by atoms with van der Waals surface area (Å²) in [5, 5.41) is 2.93. The number of nitrogens with one attached hydrogen (secondary N) is 1. The fourth-order valence-corrected chi connectivity index (χ4v) is 1.71. The number of hydrogen-bond acceptors (Lipinski definition) is 3. The van der Waals surface area contributed by atoms with Crippen LogP contribution in [-0.4, -0.2) is 30.7 Å². The van der Waals surface area contributed by atoms with Crippen molar-refractivity contribution in [1.29, 1.82) is 0 Å². The Morgan fingerprint density at radius 2 is 2.00 bits per heavy atom. The molecule has 1 aliphatic rings. The number of hydrogen-bond donors (Lipinski definition) is 2. The Morgan fingerprint density at radius 1 is 1.47 bits per heavy atom. The lowest BCUT2D eigenvalue weighted by atomic mass is 9.94. The molecule has 3 N–H and O–H groups in total. The van der Waals surface area contributed by atoms with Crippen LogP contribution in [0.25, 0.3) is 0 Å². The quantitative estimate of drug-likeness (QED) is 0.706. The van der Waals surface area contributed by atoms with Crippen molar-refractivity contribution in [3.63, 3.8) is 0 Å². The molecule has 0 saturated heterocycles. The van der Waals surface area contributed by atoms with Crippen LogP contribution in [0.5, 0.6) is 0 Å². The third-order valence-corrected chi connectivity index (χ3v) is 2.87. The topological polar surface area (TPSA) is 64.3 Å². The van der Waals surface area contributed by atoms with E-state index in [1.54, 1.807) is 7.11 Å². The van der Waals surface area contributed by atoms with Crippen molar-refractivity contribution < 1.29 is 9.53 Å². The van der Waals surface area contributed by atoms with E-state index in [0.29, 0.717) is 12.5 Å². The van der Waals surface area contributed by atoms with Gasteiger partial charge in [-0.05, 0) is 39.5 Å². The molecule has 0 spiro atoms. The van der Waals surface area contributed by atoms with Gasteiger partial charge in [-0.1, -0.05) is 0 Å². The Bertz CT molecular complexity index is 245. The van der Waals surface area contributed by atoms with E-state index in [1.165, 1.54) is 0 Å². The molecule has 1 saturated carbocycles. The maximum absolute atomic E-state index is 11.9. The molecule has 0 aromatic carbocycles. The van der Waals surface area contributed by atoms with Gasteiger partial charge in [0.25, 0.3) is 0 Å². The molecule has 0 aliphatic heterocycles. The van der Waals surface area contributed by atoms with E-state index in [0.717, 1.165) is 12.8 Å². The van der Waals surface area contributed by atoms with Gasteiger partial charge < -0.3 is 15.8 Å². The van der Waals surface area contributed by atoms with Gasteiger partial charge in [-0.15, -0.1) is 0 Å². The Kier molecular flexibility index (Phi) is 3.41. The van der Waals surface area contributed by atoms with Crippen LogP contribution in [-0.2, 0) is 9.53 Å². The van der Waals surface area contributed by atoms with Crippen molar-refractivity contribution in [3.05, 3.63) is 0 Å². The number of rotatable bonds is 5. The summed E-state index contributed by atoms with van der Waals surface area (Å²) in [5.41, 5.74) is 4.93. The Hall–Kier alpha value is -0.610. The second-order valence-electron chi connectivity index (χ2n) is 5.33. The summed E-state index contributed by atoms with van der Waals surface area (Å²) in [7, 11) is 1.62. The summed E-state index contributed by atoms with van der Waals surface area (Å²) in [6, 6.07) is 0. The number of carbonyl (C=O) groups excluding carboxylic acids is 1. The smallest absolute Gasteiger partial charge is 0.240 e. The number of amides is 1. The predicted molar refractivity (Wildman–Crippen MR) is 59.4 cm³/mol. The second-order valence-corrected chi connectivity index (χ2v) is 5.33. The summed E-state index contributed by atoms with van der Waals surface area (Å²) < 4.78 is 5.04. The Balaban J connectivity index is 2.54. The fraction of sp³-hybridized carbons (Fsp3) is 0.909. The SMILES string of the molecule is COCC(C)(C)NC(=O)C(C)(N)C1CC1. The lowest BCUT2D eigenvalue weighted by Crippen LogP contribution is -2.59. The molecule has 1 atom stereocenters. The van der Waals surface area contributed by atoms with Crippen LogP contribution in [0.3, 0.4) is 0 Å². The second kappa shape index (κ2) is 4.10. The summed E-state index contributed by atoms with van der Waals surface area (Å²) in [6.07, 6.45) is 2.12. The zero-order valence-corrected chi connectivity index (χ0v) is 10.1. The van der Waals surface area contributed by atoms with Crippen LogP contribution >= 0.6 is 0 Å². The molecule has 1 rings (SSSR count). The highest BCUT2D eigenvalue weighted by molar-refractivity contribution is 5.87. The monoisotopic (exact) mass is 214 g/mol. The van der Waals surface area contributed by atoms with Crippen molar-refractivity contribution in [1.82, 2.24) is 5.32 Å². The van der Waals surface area contributed by atoms with E-state index in [4.69, 9.17) is 10.5 Å². The molecule has 0 heterocycles. The first-order valence-corrected chi connectivity index (χ1v) is 5.40. The van der Waals surface area contributed by atoms with Crippen LogP contribution in [0.15, 0.2) is 0 Å². The molecule has 4 nitrogen and oxygen atoms in total. The molecule has 0 bridgehead atoms. The average Bonchev–Trinajstić information content (AvgIpc) is 2.84. The number of ether oxygens (including phenoxy) is 1. The maximum Gasteiger partial charge on any atom is 0.240 e. The minimum absolute atomic E-state index is 0.0768. The van der Waals surface area contributed by atoms with Crippen LogP contribution in [0.2, 0.25) is 0 Å². The van der Waals surface area contributed by atoms with Gasteiger partial charge in [0.2, 0.25) is 5.91 Å². The molecular weight excluding hydrogens is 192 g/mol. The van der Waals surface area contributed by atoms with Crippen molar-refractivity contribution in [2.75, 3.05) is 13.7 Å². The van der Waals surface area contributed by atoms with Gasteiger partial charge in [-0.3, -0.25) is 4.79 Å². The molecule has 0 aromatic rings. The van der Waals surface area contributed by atoms with Gasteiger partial charge in [0, 0.05) is 7.11 Å². The van der Waals surface area contributed by atoms with Gasteiger partial charge in [0.05, 0.1) is 17.7 Å². The highest BCUT2D eigenvalue weighted by atomic mass is 16.5. The Morgan fingerprint density at radius 3 is 2.40 bits per heavy atom. The minimum Gasteiger partial charge on any atom is -0.382 e. The predicted octanol–water partition coefficient (Wildman–Crippen LogP) is 0.655. The zero-order valence-electron chi connectivity index (χ0n) is 10.1. The van der Waals surface area contributed by atoms with Gasteiger partial charge in [0.1, 0.15) is 0 Å². The minimum atomic E-state index is -0.731. The van der Waals surface area contributed by atoms with Crippen LogP contribution < -0.4 is 11.1 Å². The number of carbonyl (C=O) groups is 1. The third-order valence-electron chi connectivity index (χ3n) is 2.87. The zero-order chi connectivity index (χ0) is 11.7. The molecule has 1 amide bonds. The largest absolute Gasteiger partial charge is 0.382 e. The summed E-state index contributed by atoms with van der Waals surface area (Å²) >= 11 is 0. The highest BCUT2D eigenvalue weighted by Crippen LogP contribution is 2.38. The van der Waals surface area contributed by atoms with Crippen LogP contribution in [0.1, 0.15) is 33.6 Å². The fourth-order valence-electron chi connectivity index (χ4n) is 1.71. The van der Waals surface area contributed by atoms with E-state index in [2.05, 4.69) is 5.32 Å². The lowest BCUT2D eigenvalue weighted by molar-refractivity contribution is -0.128. The molecule has 15 heavy (non-hydrogen) atoms. The normalized spacial score (nSPS) is 20.9. The number of methoxy groups -OCH3 is 1. The standard InChI is InChI=1S/C11H22N2O2/c1-10(2,7-15-4)13-9(14)11(3,12)8-5-6-8/h8H,5-7,12H2,1-4H3,(H,13,14). The van der Waals surface area contributed by atoms with E-state index in [9.17, 15) is 4.79 Å². The van der Waals surface area contributed by atoms with E-state index in [1.807, 2.05) is 20.8 Å². The molecule has 1 aliphatic carbocycles. The molecular formula is C11H22N2O2. The van der Waals surface area contributed by atoms with Gasteiger partial charge >= 0.3 is 0 Å². The first-order chi connectivity index (χ1) is 6.79. The molecule has 4 heteroatoms. The van der Waals surface area contributed by atoms with Crippen LogP contribution in [0, 0.1) is 5.92 Å². The van der Waals surface area contributed by atoms with Crippen LogP contribution in [0.4, 0.5) is 0 Å². The Labute approximate surface area is 91.5 Å².